The van der Waals surface area contributed by atoms with Gasteiger partial charge in [-0.15, -0.1) is 10.2 Å². The molecule has 200 valence electrons. The summed E-state index contributed by atoms with van der Waals surface area (Å²) in [5, 5.41) is 16.3. The van der Waals surface area contributed by atoms with Gasteiger partial charge in [0.15, 0.2) is 11.6 Å². The molecule has 39 heavy (non-hydrogen) atoms. The van der Waals surface area contributed by atoms with Gasteiger partial charge in [0.25, 0.3) is 0 Å². The Kier molecular flexibility index (Phi) is 7.05. The fraction of sp³-hybridized carbons (Fsp3) is 0.214. The number of benzene rings is 2. The highest BCUT2D eigenvalue weighted by Crippen LogP contribution is 2.36. The molecule has 3 aromatic heterocycles. The van der Waals surface area contributed by atoms with Crippen molar-refractivity contribution in [2.75, 3.05) is 11.1 Å². The molecular formula is C28H26F3N7O. The fourth-order valence-electron chi connectivity index (χ4n) is 4.43. The van der Waals surface area contributed by atoms with Crippen LogP contribution in [-0.2, 0) is 25.9 Å². The number of nitrogens with two attached hydrogens (primary N) is 1. The van der Waals surface area contributed by atoms with E-state index in [9.17, 15) is 13.2 Å². The summed E-state index contributed by atoms with van der Waals surface area (Å²) < 4.78 is 48.3. The summed E-state index contributed by atoms with van der Waals surface area (Å²) in [4.78, 5) is 4.14. The molecule has 3 N–H and O–H groups in total. The van der Waals surface area contributed by atoms with Crippen LogP contribution in [-0.4, -0.2) is 25.0 Å². The second-order valence-electron chi connectivity index (χ2n) is 9.19. The first-order valence-corrected chi connectivity index (χ1v) is 12.2. The summed E-state index contributed by atoms with van der Waals surface area (Å²) in [6.07, 6.45) is 0.487. The van der Waals surface area contributed by atoms with E-state index in [1.54, 1.807) is 17.1 Å². The number of aromatic nitrogens is 5. The van der Waals surface area contributed by atoms with Crippen LogP contribution in [0.1, 0.15) is 33.5 Å². The third-order valence-electron chi connectivity index (χ3n) is 6.51. The average molecular weight is 534 g/mol. The highest BCUT2D eigenvalue weighted by molar-refractivity contribution is 5.94. The molecule has 0 amide bonds. The Labute approximate surface area is 222 Å². The molecule has 5 rings (SSSR count). The molecule has 0 aliphatic rings. The van der Waals surface area contributed by atoms with Crippen molar-refractivity contribution >= 4 is 22.4 Å². The van der Waals surface area contributed by atoms with Crippen molar-refractivity contribution in [3.8, 4) is 5.75 Å². The van der Waals surface area contributed by atoms with E-state index in [0.29, 0.717) is 18.9 Å². The first-order chi connectivity index (χ1) is 18.7. The molecule has 0 bridgehead atoms. The van der Waals surface area contributed by atoms with Crippen LogP contribution in [0, 0.1) is 13.8 Å². The summed E-state index contributed by atoms with van der Waals surface area (Å²) >= 11 is 0. The number of alkyl halides is 3. The molecule has 11 heteroatoms. The number of nitrogens with one attached hydrogen (secondary N) is 1. The van der Waals surface area contributed by atoms with E-state index >= 15 is 0 Å². The molecular weight excluding hydrogens is 507 g/mol. The maximum Gasteiger partial charge on any atom is 0.438 e. The zero-order chi connectivity index (χ0) is 27.6. The van der Waals surface area contributed by atoms with Gasteiger partial charge in [0.05, 0.1) is 6.54 Å². The van der Waals surface area contributed by atoms with Gasteiger partial charge >= 0.3 is 6.18 Å². The number of pyridine rings is 1. The zero-order valence-corrected chi connectivity index (χ0v) is 21.3. The van der Waals surface area contributed by atoms with Gasteiger partial charge in [0.1, 0.15) is 12.4 Å². The van der Waals surface area contributed by atoms with Gasteiger partial charge in [-0.1, -0.05) is 24.3 Å². The second-order valence-corrected chi connectivity index (χ2v) is 9.19. The number of anilines is 2. The van der Waals surface area contributed by atoms with E-state index < -0.39 is 17.6 Å². The number of nitrogen functional groups attached to an aromatic ring is 1. The number of hydrogen-bond acceptors (Lipinski definition) is 7. The summed E-state index contributed by atoms with van der Waals surface area (Å²) in [7, 11) is 0. The Bertz CT molecular complexity index is 1600. The van der Waals surface area contributed by atoms with E-state index in [1.165, 1.54) is 6.07 Å². The smallest absolute Gasteiger partial charge is 0.438 e. The minimum atomic E-state index is -4.71. The topological polar surface area (TPSA) is 104 Å². The van der Waals surface area contributed by atoms with Crippen molar-refractivity contribution in [1.82, 2.24) is 25.0 Å². The maximum atomic E-state index is 13.7. The van der Waals surface area contributed by atoms with Crippen molar-refractivity contribution < 1.29 is 17.9 Å². The van der Waals surface area contributed by atoms with Crippen molar-refractivity contribution in [3.63, 3.8) is 0 Å². The van der Waals surface area contributed by atoms with Gasteiger partial charge in [-0.2, -0.15) is 18.3 Å². The molecule has 2 aromatic carbocycles. The first-order valence-electron chi connectivity index (χ1n) is 12.2. The normalized spacial score (nSPS) is 11.6. The standard InChI is InChI=1S/C28H26F3N7O/c1-17-12-22-21(8-10-33-27(22)32)18(2)23(17)14-34-25-13-24(26(37-36-25)28(29,30)31)39-16-20-6-4-19(5-7-20)15-38-11-3-9-35-38/h3-13H,14-16H2,1-2H3,(H2,32,33)(H,34,36). The van der Waals surface area contributed by atoms with Gasteiger partial charge < -0.3 is 15.8 Å². The summed E-state index contributed by atoms with van der Waals surface area (Å²) in [6.45, 7) is 4.78. The number of nitrogens with zero attached hydrogens (tertiary/aromatic N) is 5. The molecule has 0 saturated heterocycles. The Morgan fingerprint density at radius 2 is 1.74 bits per heavy atom. The molecule has 0 unspecified atom stereocenters. The number of halogens is 3. The van der Waals surface area contributed by atoms with E-state index in [2.05, 4.69) is 25.6 Å². The molecule has 3 heterocycles. The lowest BCUT2D eigenvalue weighted by Gasteiger charge is -2.17. The van der Waals surface area contributed by atoms with Crippen LogP contribution in [0.3, 0.4) is 0 Å². The third-order valence-corrected chi connectivity index (χ3v) is 6.51. The monoisotopic (exact) mass is 533 g/mol. The average Bonchev–Trinajstić information content (AvgIpc) is 3.41. The lowest BCUT2D eigenvalue weighted by atomic mass is 9.96. The van der Waals surface area contributed by atoms with Gasteiger partial charge in [-0.25, -0.2) is 4.98 Å². The number of hydrogen-bond donors (Lipinski definition) is 2. The highest BCUT2D eigenvalue weighted by Gasteiger charge is 2.37. The van der Waals surface area contributed by atoms with Crippen LogP contribution in [0.15, 0.2) is 67.1 Å². The molecule has 8 nitrogen and oxygen atoms in total. The Hall–Kier alpha value is -4.67. The van der Waals surface area contributed by atoms with Crippen LogP contribution < -0.4 is 15.8 Å². The van der Waals surface area contributed by atoms with Gasteiger partial charge in [0, 0.05) is 36.6 Å². The quantitative estimate of drug-likeness (QED) is 0.265. The fourth-order valence-corrected chi connectivity index (χ4v) is 4.43. The first kappa shape index (κ1) is 26.0. The van der Waals surface area contributed by atoms with Crippen LogP contribution in [0.4, 0.5) is 24.8 Å². The van der Waals surface area contributed by atoms with Gasteiger partial charge in [-0.05, 0) is 65.3 Å². The molecule has 0 aliphatic carbocycles. The molecule has 0 saturated carbocycles. The van der Waals surface area contributed by atoms with Crippen molar-refractivity contribution in [3.05, 3.63) is 101 Å². The van der Waals surface area contributed by atoms with Crippen LogP contribution in [0.25, 0.3) is 10.8 Å². The van der Waals surface area contributed by atoms with Crippen LogP contribution >= 0.6 is 0 Å². The molecule has 5 aromatic rings. The predicted octanol–water partition coefficient (Wildman–Crippen LogP) is 5.68. The number of ether oxygens (including phenoxy) is 1. The zero-order valence-electron chi connectivity index (χ0n) is 21.3. The third kappa shape index (κ3) is 5.77. The number of aryl methyl sites for hydroxylation is 2. The van der Waals surface area contributed by atoms with E-state index in [0.717, 1.165) is 38.6 Å². The summed E-state index contributed by atoms with van der Waals surface area (Å²) in [5.74, 6) is 0.216. The number of fused-ring (bicyclic) bond motifs is 1. The SMILES string of the molecule is Cc1cc2c(N)nccc2c(C)c1CNc1cc(OCc2ccc(Cn3cccn3)cc2)c(C(F)(F)F)nn1. The van der Waals surface area contributed by atoms with E-state index in [1.807, 2.05) is 62.5 Å². The van der Waals surface area contributed by atoms with Crippen molar-refractivity contribution in [2.24, 2.45) is 0 Å². The van der Waals surface area contributed by atoms with Crippen molar-refractivity contribution in [1.29, 1.82) is 0 Å². The Morgan fingerprint density at radius 3 is 2.46 bits per heavy atom. The predicted molar refractivity (Wildman–Crippen MR) is 142 cm³/mol. The van der Waals surface area contributed by atoms with Gasteiger partial charge in [-0.3, -0.25) is 4.68 Å². The molecule has 0 aliphatic heterocycles. The maximum absolute atomic E-state index is 13.7. The van der Waals surface area contributed by atoms with Crippen LogP contribution in [0.2, 0.25) is 0 Å². The lowest BCUT2D eigenvalue weighted by molar-refractivity contribution is -0.143. The Morgan fingerprint density at radius 1 is 0.974 bits per heavy atom. The lowest BCUT2D eigenvalue weighted by Crippen LogP contribution is -2.14. The number of rotatable bonds is 8. The minimum Gasteiger partial charge on any atom is -0.486 e. The highest BCUT2D eigenvalue weighted by atomic mass is 19.4. The molecule has 0 spiro atoms. The Balaban J connectivity index is 1.33. The minimum absolute atomic E-state index is 0.0609. The van der Waals surface area contributed by atoms with E-state index in [-0.39, 0.29) is 12.4 Å². The summed E-state index contributed by atoms with van der Waals surface area (Å²) in [6, 6.07) is 14.3. The molecule has 0 fully saturated rings. The van der Waals surface area contributed by atoms with E-state index in [4.69, 9.17) is 10.5 Å². The van der Waals surface area contributed by atoms with Gasteiger partial charge in [0.2, 0.25) is 5.69 Å². The summed E-state index contributed by atoms with van der Waals surface area (Å²) in [5.41, 5.74) is 9.52. The van der Waals surface area contributed by atoms with Crippen LogP contribution in [0.5, 0.6) is 5.75 Å². The molecule has 0 atom stereocenters. The largest absolute Gasteiger partial charge is 0.486 e. The van der Waals surface area contributed by atoms with Crippen molar-refractivity contribution in [2.45, 2.75) is 39.7 Å². The molecule has 0 radical (unpaired) electrons. The second kappa shape index (κ2) is 10.6.